The molecule has 0 bridgehead atoms. The first-order chi connectivity index (χ1) is 4.61. The summed E-state index contributed by atoms with van der Waals surface area (Å²) < 4.78 is 25.2. The molecule has 0 atom stereocenters. The number of hydrogen-bond acceptors (Lipinski definition) is 1. The van der Waals surface area contributed by atoms with Crippen LogP contribution in [-0.4, -0.2) is 0 Å². The van der Waals surface area contributed by atoms with Crippen LogP contribution >= 0.6 is 15.9 Å². The zero-order valence-electron chi connectivity index (χ0n) is 4.87. The molecule has 1 aromatic carbocycles. The van der Waals surface area contributed by atoms with E-state index in [0.717, 1.165) is 6.07 Å². The predicted molar refractivity (Wildman–Crippen MR) is 38.5 cm³/mol. The van der Waals surface area contributed by atoms with Crippen LogP contribution in [0.3, 0.4) is 0 Å². The summed E-state index contributed by atoms with van der Waals surface area (Å²) in [5, 5.41) is 0. The molecule has 0 amide bonds. The monoisotopic (exact) mass is 207 g/mol. The Labute approximate surface area is 65.0 Å². The summed E-state index contributed by atoms with van der Waals surface area (Å²) in [6, 6.07) is 2.32. The van der Waals surface area contributed by atoms with Crippen LogP contribution in [0.2, 0.25) is 0 Å². The molecule has 54 valence electrons. The normalized spacial score (nSPS) is 9.90. The highest BCUT2D eigenvalue weighted by atomic mass is 79.9. The van der Waals surface area contributed by atoms with E-state index in [9.17, 15) is 8.78 Å². The van der Waals surface area contributed by atoms with Crippen LogP contribution in [-0.2, 0) is 0 Å². The third kappa shape index (κ3) is 1.26. The Balaban J connectivity index is 3.31. The average Bonchev–Trinajstić information content (AvgIpc) is 1.82. The zero-order chi connectivity index (χ0) is 7.72. The van der Waals surface area contributed by atoms with Crippen LogP contribution in [0.25, 0.3) is 0 Å². The molecule has 1 nitrogen and oxygen atoms in total. The van der Waals surface area contributed by atoms with Crippen LogP contribution in [0.4, 0.5) is 14.5 Å². The molecule has 0 saturated heterocycles. The molecule has 0 spiro atoms. The van der Waals surface area contributed by atoms with E-state index in [1.807, 2.05) is 0 Å². The number of benzene rings is 1. The van der Waals surface area contributed by atoms with Crippen LogP contribution in [0.5, 0.6) is 0 Å². The van der Waals surface area contributed by atoms with Gasteiger partial charge in [-0.3, -0.25) is 0 Å². The Kier molecular flexibility index (Phi) is 1.89. The Morgan fingerprint density at radius 3 is 2.40 bits per heavy atom. The highest BCUT2D eigenvalue weighted by molar-refractivity contribution is 9.10. The lowest BCUT2D eigenvalue weighted by molar-refractivity contribution is 0.511. The Morgan fingerprint density at radius 1 is 1.30 bits per heavy atom. The zero-order valence-corrected chi connectivity index (χ0v) is 6.45. The van der Waals surface area contributed by atoms with Crippen molar-refractivity contribution in [2.45, 2.75) is 0 Å². The fourth-order valence-corrected chi connectivity index (χ4v) is 1.02. The van der Waals surface area contributed by atoms with Crippen molar-refractivity contribution in [1.82, 2.24) is 0 Å². The van der Waals surface area contributed by atoms with Crippen LogP contribution < -0.4 is 5.73 Å². The van der Waals surface area contributed by atoms with E-state index in [1.165, 1.54) is 6.07 Å². The molecular formula is C6H4BrF2N. The predicted octanol–water partition coefficient (Wildman–Crippen LogP) is 2.31. The minimum Gasteiger partial charge on any atom is -0.396 e. The molecule has 0 saturated carbocycles. The van der Waals surface area contributed by atoms with Crippen molar-refractivity contribution >= 4 is 21.6 Å². The first-order valence-electron chi connectivity index (χ1n) is 2.51. The summed E-state index contributed by atoms with van der Waals surface area (Å²) in [4.78, 5) is 0. The molecule has 10 heavy (non-hydrogen) atoms. The number of nitrogens with two attached hydrogens (primary N) is 1. The van der Waals surface area contributed by atoms with Gasteiger partial charge >= 0.3 is 0 Å². The third-order valence-electron chi connectivity index (χ3n) is 1.02. The number of rotatable bonds is 0. The van der Waals surface area contributed by atoms with E-state index < -0.39 is 11.6 Å². The molecule has 0 unspecified atom stereocenters. The molecule has 0 aliphatic rings. The lowest BCUT2D eigenvalue weighted by Gasteiger charge is -1.97. The van der Waals surface area contributed by atoms with Crippen LogP contribution in [0.15, 0.2) is 16.6 Å². The quantitative estimate of drug-likeness (QED) is 0.513. The number of anilines is 1. The van der Waals surface area contributed by atoms with E-state index in [0.29, 0.717) is 4.47 Å². The number of nitrogen functional groups attached to an aromatic ring is 1. The summed E-state index contributed by atoms with van der Waals surface area (Å²) in [5.41, 5.74) is 4.89. The largest absolute Gasteiger partial charge is 0.396 e. The molecular weight excluding hydrogens is 204 g/mol. The van der Waals surface area contributed by atoms with Gasteiger partial charge in [-0.05, 0) is 12.1 Å². The van der Waals surface area contributed by atoms with Crippen molar-refractivity contribution in [2.75, 3.05) is 5.73 Å². The maximum Gasteiger partial charge on any atom is 0.181 e. The van der Waals surface area contributed by atoms with Gasteiger partial charge in [0.2, 0.25) is 0 Å². The summed E-state index contributed by atoms with van der Waals surface area (Å²) in [7, 11) is 0. The van der Waals surface area contributed by atoms with Gasteiger partial charge < -0.3 is 5.73 Å². The van der Waals surface area contributed by atoms with Gasteiger partial charge in [0.25, 0.3) is 0 Å². The van der Waals surface area contributed by atoms with Crippen molar-refractivity contribution in [2.24, 2.45) is 0 Å². The van der Waals surface area contributed by atoms with Crippen molar-refractivity contribution in [3.8, 4) is 0 Å². The second kappa shape index (κ2) is 2.54. The number of hydrogen-bond donors (Lipinski definition) is 1. The third-order valence-corrected chi connectivity index (χ3v) is 1.48. The maximum absolute atomic E-state index is 12.4. The van der Waals surface area contributed by atoms with Crippen molar-refractivity contribution < 1.29 is 8.78 Å². The van der Waals surface area contributed by atoms with Gasteiger partial charge in [-0.2, -0.15) is 0 Å². The molecule has 0 aliphatic carbocycles. The van der Waals surface area contributed by atoms with Crippen LogP contribution in [0.1, 0.15) is 0 Å². The second-order valence-electron chi connectivity index (χ2n) is 1.79. The first kappa shape index (κ1) is 7.47. The molecule has 1 aromatic rings. The molecule has 2 N–H and O–H groups in total. The summed E-state index contributed by atoms with van der Waals surface area (Å²) in [6.07, 6.45) is 0. The molecule has 0 fully saturated rings. The Bertz CT molecular complexity index is 239. The molecule has 0 aliphatic heterocycles. The molecule has 4 heteroatoms. The van der Waals surface area contributed by atoms with Gasteiger partial charge in [0.1, 0.15) is 0 Å². The SMILES string of the molecule is Nc1cc(Br)cc(F)c1F. The van der Waals surface area contributed by atoms with Gasteiger partial charge in [0, 0.05) is 4.47 Å². The molecule has 0 aromatic heterocycles. The summed E-state index contributed by atoms with van der Waals surface area (Å²) in [6.45, 7) is 0. The maximum atomic E-state index is 12.4. The van der Waals surface area contributed by atoms with Crippen molar-refractivity contribution in [3.63, 3.8) is 0 Å². The topological polar surface area (TPSA) is 26.0 Å². The van der Waals surface area contributed by atoms with Gasteiger partial charge in [-0.1, -0.05) is 15.9 Å². The second-order valence-corrected chi connectivity index (χ2v) is 2.71. The number of halogens is 3. The first-order valence-corrected chi connectivity index (χ1v) is 3.30. The fourth-order valence-electron chi connectivity index (χ4n) is 0.576. The van der Waals surface area contributed by atoms with E-state index in [4.69, 9.17) is 5.73 Å². The van der Waals surface area contributed by atoms with Crippen LogP contribution in [0, 0.1) is 11.6 Å². The van der Waals surface area contributed by atoms with Crippen molar-refractivity contribution in [3.05, 3.63) is 28.2 Å². The highest BCUT2D eigenvalue weighted by Gasteiger charge is 2.05. The van der Waals surface area contributed by atoms with Crippen molar-refractivity contribution in [1.29, 1.82) is 0 Å². The smallest absolute Gasteiger partial charge is 0.181 e. The van der Waals surface area contributed by atoms with E-state index in [-0.39, 0.29) is 5.69 Å². The van der Waals surface area contributed by atoms with Gasteiger partial charge in [-0.15, -0.1) is 0 Å². The Hall–Kier alpha value is -0.640. The van der Waals surface area contributed by atoms with E-state index in [1.54, 1.807) is 0 Å². The average molecular weight is 208 g/mol. The highest BCUT2D eigenvalue weighted by Crippen LogP contribution is 2.20. The molecule has 1 rings (SSSR count). The molecule has 0 radical (unpaired) electrons. The minimum absolute atomic E-state index is 0.188. The standard InChI is InChI=1S/C6H4BrF2N/c7-3-1-4(8)6(9)5(10)2-3/h1-2H,10H2. The van der Waals surface area contributed by atoms with E-state index in [2.05, 4.69) is 15.9 Å². The van der Waals surface area contributed by atoms with E-state index >= 15 is 0 Å². The fraction of sp³-hybridized carbons (Fsp3) is 0. The summed E-state index contributed by atoms with van der Waals surface area (Å²) in [5.74, 6) is -1.94. The van der Waals surface area contributed by atoms with Gasteiger partial charge in [0.05, 0.1) is 5.69 Å². The Morgan fingerprint density at radius 2 is 1.90 bits per heavy atom. The van der Waals surface area contributed by atoms with Gasteiger partial charge in [0.15, 0.2) is 11.6 Å². The van der Waals surface area contributed by atoms with Gasteiger partial charge in [-0.25, -0.2) is 8.78 Å². The minimum atomic E-state index is -0.997. The molecule has 0 heterocycles. The lowest BCUT2D eigenvalue weighted by atomic mass is 10.3. The summed E-state index contributed by atoms with van der Waals surface area (Å²) >= 11 is 2.96. The lowest BCUT2D eigenvalue weighted by Crippen LogP contribution is -1.93.